The van der Waals surface area contributed by atoms with Crippen LogP contribution in [0.15, 0.2) is 6.20 Å². The van der Waals surface area contributed by atoms with E-state index in [0.717, 1.165) is 13.1 Å². The van der Waals surface area contributed by atoms with E-state index in [0.29, 0.717) is 22.7 Å². The molecule has 94 valence electrons. The summed E-state index contributed by atoms with van der Waals surface area (Å²) in [6, 6.07) is 0. The monoisotopic (exact) mass is 255 g/mol. The SMILES string of the molecule is CNc1ncc(Cl)c(NCC2CCN(C)C2)n1. The van der Waals surface area contributed by atoms with Crippen molar-refractivity contribution in [1.29, 1.82) is 0 Å². The molecule has 0 amide bonds. The van der Waals surface area contributed by atoms with Crippen LogP contribution in [0.2, 0.25) is 5.02 Å². The Bertz CT molecular complexity index is 384. The minimum Gasteiger partial charge on any atom is -0.368 e. The van der Waals surface area contributed by atoms with Crippen LogP contribution in [0.1, 0.15) is 6.42 Å². The molecule has 1 aromatic heterocycles. The lowest BCUT2D eigenvalue weighted by atomic mass is 10.1. The van der Waals surface area contributed by atoms with E-state index in [2.05, 4.69) is 32.5 Å². The molecule has 0 radical (unpaired) electrons. The van der Waals surface area contributed by atoms with Gasteiger partial charge in [0.2, 0.25) is 5.95 Å². The van der Waals surface area contributed by atoms with E-state index in [1.807, 2.05) is 0 Å². The van der Waals surface area contributed by atoms with Crippen LogP contribution in [0.3, 0.4) is 0 Å². The van der Waals surface area contributed by atoms with Crippen LogP contribution in [-0.2, 0) is 0 Å². The van der Waals surface area contributed by atoms with Gasteiger partial charge in [-0.05, 0) is 25.9 Å². The minimum absolute atomic E-state index is 0.565. The quantitative estimate of drug-likeness (QED) is 0.855. The first-order chi connectivity index (χ1) is 8.19. The van der Waals surface area contributed by atoms with Crippen molar-refractivity contribution < 1.29 is 0 Å². The first-order valence-corrected chi connectivity index (χ1v) is 6.19. The fourth-order valence-electron chi connectivity index (χ4n) is 2.05. The maximum Gasteiger partial charge on any atom is 0.224 e. The number of hydrogen-bond donors (Lipinski definition) is 2. The van der Waals surface area contributed by atoms with Gasteiger partial charge in [-0.2, -0.15) is 4.98 Å². The first kappa shape index (κ1) is 12.4. The molecule has 1 fully saturated rings. The average molecular weight is 256 g/mol. The van der Waals surface area contributed by atoms with Gasteiger partial charge in [-0.1, -0.05) is 11.6 Å². The molecule has 1 atom stereocenters. The Kier molecular flexibility index (Phi) is 4.02. The van der Waals surface area contributed by atoms with E-state index >= 15 is 0 Å². The van der Waals surface area contributed by atoms with Gasteiger partial charge in [-0.3, -0.25) is 0 Å². The maximum absolute atomic E-state index is 6.04. The van der Waals surface area contributed by atoms with E-state index in [1.54, 1.807) is 13.2 Å². The summed E-state index contributed by atoms with van der Waals surface area (Å²) >= 11 is 6.04. The lowest BCUT2D eigenvalue weighted by Gasteiger charge is -2.13. The molecule has 1 aromatic rings. The van der Waals surface area contributed by atoms with Crippen molar-refractivity contribution in [3.63, 3.8) is 0 Å². The third-order valence-electron chi connectivity index (χ3n) is 3.01. The third kappa shape index (κ3) is 3.20. The number of nitrogens with zero attached hydrogens (tertiary/aromatic N) is 3. The first-order valence-electron chi connectivity index (χ1n) is 5.81. The van der Waals surface area contributed by atoms with Gasteiger partial charge < -0.3 is 15.5 Å². The smallest absolute Gasteiger partial charge is 0.224 e. The zero-order valence-corrected chi connectivity index (χ0v) is 11.0. The van der Waals surface area contributed by atoms with Crippen LogP contribution in [0.4, 0.5) is 11.8 Å². The number of likely N-dealkylation sites (tertiary alicyclic amines) is 1. The lowest BCUT2D eigenvalue weighted by molar-refractivity contribution is 0.399. The molecule has 2 rings (SSSR count). The molecule has 1 saturated heterocycles. The van der Waals surface area contributed by atoms with Gasteiger partial charge in [0.05, 0.1) is 6.20 Å². The summed E-state index contributed by atoms with van der Waals surface area (Å²) in [4.78, 5) is 10.7. The van der Waals surface area contributed by atoms with E-state index in [-0.39, 0.29) is 0 Å². The molecule has 1 aliphatic rings. The number of aromatic nitrogens is 2. The van der Waals surface area contributed by atoms with Gasteiger partial charge in [0.25, 0.3) is 0 Å². The highest BCUT2D eigenvalue weighted by Gasteiger charge is 2.19. The highest BCUT2D eigenvalue weighted by atomic mass is 35.5. The van der Waals surface area contributed by atoms with Gasteiger partial charge in [-0.25, -0.2) is 4.98 Å². The number of halogens is 1. The van der Waals surface area contributed by atoms with Crippen molar-refractivity contribution in [3.05, 3.63) is 11.2 Å². The van der Waals surface area contributed by atoms with E-state index < -0.39 is 0 Å². The zero-order chi connectivity index (χ0) is 12.3. The van der Waals surface area contributed by atoms with Gasteiger partial charge in [0, 0.05) is 20.1 Å². The van der Waals surface area contributed by atoms with Crippen molar-refractivity contribution in [1.82, 2.24) is 14.9 Å². The molecule has 0 saturated carbocycles. The van der Waals surface area contributed by atoms with Crippen LogP contribution < -0.4 is 10.6 Å². The number of nitrogens with one attached hydrogen (secondary N) is 2. The molecule has 0 aliphatic carbocycles. The predicted octanol–water partition coefficient (Wildman–Crippen LogP) is 1.54. The predicted molar refractivity (Wildman–Crippen MR) is 70.7 cm³/mol. The zero-order valence-electron chi connectivity index (χ0n) is 10.2. The third-order valence-corrected chi connectivity index (χ3v) is 3.29. The summed E-state index contributed by atoms with van der Waals surface area (Å²) in [6.45, 7) is 3.21. The van der Waals surface area contributed by atoms with Crippen LogP contribution in [0.25, 0.3) is 0 Å². The molecule has 2 heterocycles. The maximum atomic E-state index is 6.04. The minimum atomic E-state index is 0.565. The number of hydrogen-bond acceptors (Lipinski definition) is 5. The highest BCUT2D eigenvalue weighted by molar-refractivity contribution is 6.32. The highest BCUT2D eigenvalue weighted by Crippen LogP contribution is 2.21. The standard InChI is InChI=1S/C11H18ClN5/c1-13-11-15-6-9(12)10(16-11)14-5-8-3-4-17(2)7-8/h6,8H,3-5,7H2,1-2H3,(H2,13,14,15,16). The van der Waals surface area contributed by atoms with E-state index in [4.69, 9.17) is 11.6 Å². The Balaban J connectivity index is 1.94. The summed E-state index contributed by atoms with van der Waals surface area (Å²) in [5.41, 5.74) is 0. The molecule has 17 heavy (non-hydrogen) atoms. The molecule has 6 heteroatoms. The number of rotatable bonds is 4. The molecule has 0 bridgehead atoms. The largest absolute Gasteiger partial charge is 0.368 e. The topological polar surface area (TPSA) is 53.1 Å². The summed E-state index contributed by atoms with van der Waals surface area (Å²) < 4.78 is 0. The second-order valence-corrected chi connectivity index (χ2v) is 4.85. The van der Waals surface area contributed by atoms with Gasteiger partial charge in [0.15, 0.2) is 0 Å². The van der Waals surface area contributed by atoms with Crippen LogP contribution >= 0.6 is 11.6 Å². The van der Waals surface area contributed by atoms with Crippen LogP contribution in [0.5, 0.6) is 0 Å². The normalized spacial score (nSPS) is 20.5. The number of anilines is 2. The van der Waals surface area contributed by atoms with Gasteiger partial charge >= 0.3 is 0 Å². The fraction of sp³-hybridized carbons (Fsp3) is 0.636. The molecular formula is C11H18ClN5. The molecular weight excluding hydrogens is 238 g/mol. The van der Waals surface area contributed by atoms with Crippen molar-refractivity contribution in [2.45, 2.75) is 6.42 Å². The van der Waals surface area contributed by atoms with Gasteiger partial charge in [-0.15, -0.1) is 0 Å². The molecule has 1 aliphatic heterocycles. The summed E-state index contributed by atoms with van der Waals surface area (Å²) in [6.07, 6.45) is 2.84. The van der Waals surface area contributed by atoms with Crippen molar-refractivity contribution in [2.75, 3.05) is 44.4 Å². The second-order valence-electron chi connectivity index (χ2n) is 4.44. The molecule has 0 aromatic carbocycles. The average Bonchev–Trinajstić information content (AvgIpc) is 2.74. The Hall–Kier alpha value is -1.07. The van der Waals surface area contributed by atoms with Crippen LogP contribution in [0, 0.1) is 5.92 Å². The van der Waals surface area contributed by atoms with E-state index in [9.17, 15) is 0 Å². The van der Waals surface area contributed by atoms with Crippen molar-refractivity contribution in [3.8, 4) is 0 Å². The van der Waals surface area contributed by atoms with Crippen molar-refractivity contribution in [2.24, 2.45) is 5.92 Å². The van der Waals surface area contributed by atoms with Gasteiger partial charge in [0.1, 0.15) is 10.8 Å². The summed E-state index contributed by atoms with van der Waals surface area (Å²) in [5.74, 6) is 1.96. The Morgan fingerprint density at radius 1 is 1.59 bits per heavy atom. The molecule has 0 spiro atoms. The molecule has 2 N–H and O–H groups in total. The Morgan fingerprint density at radius 2 is 2.41 bits per heavy atom. The Morgan fingerprint density at radius 3 is 3.06 bits per heavy atom. The Labute approximate surface area is 107 Å². The van der Waals surface area contributed by atoms with Crippen molar-refractivity contribution >= 4 is 23.4 Å². The fourth-order valence-corrected chi connectivity index (χ4v) is 2.20. The lowest BCUT2D eigenvalue weighted by Crippen LogP contribution is -2.19. The van der Waals surface area contributed by atoms with Crippen LogP contribution in [-0.4, -0.2) is 48.6 Å². The summed E-state index contributed by atoms with van der Waals surface area (Å²) in [5, 5.41) is 6.77. The summed E-state index contributed by atoms with van der Waals surface area (Å²) in [7, 11) is 3.94. The molecule has 5 nitrogen and oxygen atoms in total. The molecule has 1 unspecified atom stereocenters. The second kappa shape index (κ2) is 5.51. The van der Waals surface area contributed by atoms with E-state index in [1.165, 1.54) is 13.0 Å².